The van der Waals surface area contributed by atoms with E-state index in [2.05, 4.69) is 31.1 Å². The molecule has 7 nitrogen and oxygen atoms in total. The minimum absolute atomic E-state index is 0.0982. The number of imidazole rings is 1. The van der Waals surface area contributed by atoms with Crippen LogP contribution in [0.15, 0.2) is 60.0 Å². The van der Waals surface area contributed by atoms with Crippen molar-refractivity contribution in [3.05, 3.63) is 65.7 Å². The summed E-state index contributed by atoms with van der Waals surface area (Å²) in [6.07, 6.45) is 4.27. The zero-order valence-electron chi connectivity index (χ0n) is 13.5. The first-order chi connectivity index (χ1) is 12.8. The quantitative estimate of drug-likeness (QED) is 0.546. The van der Waals surface area contributed by atoms with Gasteiger partial charge in [0.05, 0.1) is 16.7 Å². The van der Waals surface area contributed by atoms with Crippen molar-refractivity contribution in [3.8, 4) is 5.95 Å². The average molecular weight is 362 g/mol. The van der Waals surface area contributed by atoms with Crippen LogP contribution >= 0.6 is 11.6 Å². The van der Waals surface area contributed by atoms with Crippen molar-refractivity contribution < 1.29 is 0 Å². The van der Waals surface area contributed by atoms with Crippen molar-refractivity contribution in [3.63, 3.8) is 0 Å². The Morgan fingerprint density at radius 3 is 2.65 bits per heavy atom. The number of halogens is 1. The Kier molecular flexibility index (Phi) is 3.39. The minimum Gasteiger partial charge on any atom is -0.267 e. The molecule has 2 aromatic carbocycles. The third-order valence-electron chi connectivity index (χ3n) is 4.17. The number of hydrogen-bond donors (Lipinski definition) is 0. The first-order valence-electron chi connectivity index (χ1n) is 8.04. The summed E-state index contributed by atoms with van der Waals surface area (Å²) in [6, 6.07) is 15.8. The Morgan fingerprint density at radius 2 is 1.69 bits per heavy atom. The van der Waals surface area contributed by atoms with E-state index in [9.17, 15) is 0 Å². The van der Waals surface area contributed by atoms with Gasteiger partial charge in [-0.3, -0.25) is 4.57 Å². The Labute approximate surface area is 153 Å². The van der Waals surface area contributed by atoms with Crippen molar-refractivity contribution in [1.82, 2.24) is 24.5 Å². The number of nitrogens with zero attached hydrogens (tertiary/aromatic N) is 7. The van der Waals surface area contributed by atoms with Crippen LogP contribution in [0, 0.1) is 0 Å². The molecule has 0 saturated heterocycles. The molecule has 4 aromatic rings. The van der Waals surface area contributed by atoms with Crippen molar-refractivity contribution >= 4 is 40.5 Å². The molecule has 0 radical (unpaired) electrons. The maximum Gasteiger partial charge on any atom is 0.257 e. The summed E-state index contributed by atoms with van der Waals surface area (Å²) in [5, 5.41) is 6.21. The Morgan fingerprint density at radius 1 is 0.885 bits per heavy atom. The minimum atomic E-state index is 0.0982. The van der Waals surface area contributed by atoms with E-state index in [1.807, 2.05) is 48.7 Å². The molecular formula is C18H12ClN7. The molecule has 2 aromatic heterocycles. The number of hydrazone groups is 1. The second-order valence-electron chi connectivity index (χ2n) is 5.75. The SMILES string of the molecule is Clc1nc(N2N=CCc3ccccc32)nc(-n2cnc3ccccc32)n1. The second kappa shape index (κ2) is 5.89. The number of rotatable bonds is 2. The summed E-state index contributed by atoms with van der Waals surface area (Å²) in [7, 11) is 0. The number of benzene rings is 2. The van der Waals surface area contributed by atoms with E-state index in [0.717, 1.165) is 28.7 Å². The van der Waals surface area contributed by atoms with Crippen LogP contribution < -0.4 is 5.01 Å². The third kappa shape index (κ3) is 2.41. The molecule has 0 spiro atoms. The number of fused-ring (bicyclic) bond motifs is 2. The first-order valence-corrected chi connectivity index (χ1v) is 8.42. The molecule has 0 aliphatic carbocycles. The highest BCUT2D eigenvalue weighted by molar-refractivity contribution is 6.28. The fourth-order valence-corrected chi connectivity index (χ4v) is 3.13. The summed E-state index contributed by atoms with van der Waals surface area (Å²) >= 11 is 6.19. The number of para-hydroxylation sites is 3. The monoisotopic (exact) mass is 361 g/mol. The van der Waals surface area contributed by atoms with Crippen LogP contribution in [-0.2, 0) is 6.42 Å². The highest BCUT2D eigenvalue weighted by Crippen LogP contribution is 2.30. The van der Waals surface area contributed by atoms with Gasteiger partial charge in [0.1, 0.15) is 6.33 Å². The van der Waals surface area contributed by atoms with Crippen LogP contribution in [0.1, 0.15) is 5.56 Å². The maximum atomic E-state index is 6.19. The Hall–Kier alpha value is -3.32. The molecule has 5 rings (SSSR count). The molecule has 0 saturated carbocycles. The summed E-state index contributed by atoms with van der Waals surface area (Å²) in [6.45, 7) is 0. The van der Waals surface area contributed by atoms with Gasteiger partial charge < -0.3 is 0 Å². The molecule has 0 unspecified atom stereocenters. The predicted molar refractivity (Wildman–Crippen MR) is 100 cm³/mol. The van der Waals surface area contributed by atoms with Crippen LogP contribution in [0.25, 0.3) is 17.0 Å². The van der Waals surface area contributed by atoms with E-state index in [0.29, 0.717) is 11.9 Å². The average Bonchev–Trinajstić information content (AvgIpc) is 3.11. The van der Waals surface area contributed by atoms with Crippen LogP contribution in [0.2, 0.25) is 5.28 Å². The van der Waals surface area contributed by atoms with Gasteiger partial charge in [0.25, 0.3) is 5.95 Å². The van der Waals surface area contributed by atoms with Crippen LogP contribution in [0.4, 0.5) is 11.6 Å². The summed E-state index contributed by atoms with van der Waals surface area (Å²) in [4.78, 5) is 17.5. The van der Waals surface area contributed by atoms with E-state index in [1.165, 1.54) is 0 Å². The van der Waals surface area contributed by atoms with E-state index < -0.39 is 0 Å². The maximum absolute atomic E-state index is 6.19. The predicted octanol–water partition coefficient (Wildman–Crippen LogP) is 3.54. The largest absolute Gasteiger partial charge is 0.267 e. The van der Waals surface area contributed by atoms with Gasteiger partial charge in [-0.15, -0.1) is 0 Å². The zero-order valence-corrected chi connectivity index (χ0v) is 14.2. The topological polar surface area (TPSA) is 72.1 Å². The van der Waals surface area contributed by atoms with Crippen LogP contribution in [-0.4, -0.2) is 30.7 Å². The van der Waals surface area contributed by atoms with Gasteiger partial charge in [-0.25, -0.2) is 4.98 Å². The lowest BCUT2D eigenvalue weighted by atomic mass is 10.1. The van der Waals surface area contributed by atoms with Crippen molar-refractivity contribution in [1.29, 1.82) is 0 Å². The summed E-state index contributed by atoms with van der Waals surface area (Å²) in [5.74, 6) is 0.758. The molecule has 1 aliphatic heterocycles. The van der Waals surface area contributed by atoms with E-state index in [-0.39, 0.29) is 5.28 Å². The van der Waals surface area contributed by atoms with Gasteiger partial charge in [0, 0.05) is 12.6 Å². The number of hydrogen-bond acceptors (Lipinski definition) is 6. The number of aromatic nitrogens is 5. The first kappa shape index (κ1) is 15.0. The molecule has 0 N–H and O–H groups in total. The van der Waals surface area contributed by atoms with E-state index >= 15 is 0 Å². The van der Waals surface area contributed by atoms with Crippen LogP contribution in [0.5, 0.6) is 0 Å². The van der Waals surface area contributed by atoms with E-state index in [1.54, 1.807) is 15.9 Å². The normalized spacial score (nSPS) is 13.2. The molecule has 3 heterocycles. The molecular weight excluding hydrogens is 350 g/mol. The molecule has 0 amide bonds. The molecule has 0 bridgehead atoms. The smallest absolute Gasteiger partial charge is 0.257 e. The lowest BCUT2D eigenvalue weighted by Crippen LogP contribution is -2.19. The fraction of sp³-hybridized carbons (Fsp3) is 0.0556. The van der Waals surface area contributed by atoms with Gasteiger partial charge >= 0.3 is 0 Å². The highest BCUT2D eigenvalue weighted by atomic mass is 35.5. The van der Waals surface area contributed by atoms with Gasteiger partial charge in [-0.2, -0.15) is 25.1 Å². The molecule has 26 heavy (non-hydrogen) atoms. The summed E-state index contributed by atoms with van der Waals surface area (Å²) < 4.78 is 1.78. The lowest BCUT2D eigenvalue weighted by Gasteiger charge is -2.23. The van der Waals surface area contributed by atoms with Crippen LogP contribution in [0.3, 0.4) is 0 Å². The van der Waals surface area contributed by atoms with Gasteiger partial charge in [-0.05, 0) is 35.4 Å². The lowest BCUT2D eigenvalue weighted by molar-refractivity contribution is 0.872. The molecule has 0 fully saturated rings. The fourth-order valence-electron chi connectivity index (χ4n) is 2.98. The van der Waals surface area contributed by atoms with Crippen molar-refractivity contribution in [2.75, 3.05) is 5.01 Å². The molecule has 8 heteroatoms. The second-order valence-corrected chi connectivity index (χ2v) is 6.09. The Balaban J connectivity index is 1.66. The Bertz CT molecular complexity index is 1150. The van der Waals surface area contributed by atoms with Crippen molar-refractivity contribution in [2.24, 2.45) is 5.10 Å². The highest BCUT2D eigenvalue weighted by Gasteiger charge is 2.20. The standard InChI is InChI=1S/C18H12ClN7/c19-16-22-17(25-11-20-13-6-2-4-8-15(13)25)24-18(23-16)26-14-7-3-1-5-12(14)9-10-21-26/h1-8,10-11H,9H2. The molecule has 1 aliphatic rings. The van der Waals surface area contributed by atoms with Crippen molar-refractivity contribution in [2.45, 2.75) is 6.42 Å². The molecule has 126 valence electrons. The zero-order chi connectivity index (χ0) is 17.5. The summed E-state index contributed by atoms with van der Waals surface area (Å²) in [5.41, 5.74) is 3.82. The van der Waals surface area contributed by atoms with Gasteiger partial charge in [0.2, 0.25) is 11.2 Å². The van der Waals surface area contributed by atoms with Gasteiger partial charge in [-0.1, -0.05) is 30.3 Å². The molecule has 0 atom stereocenters. The van der Waals surface area contributed by atoms with Gasteiger partial charge in [0.15, 0.2) is 0 Å². The third-order valence-corrected chi connectivity index (χ3v) is 4.34. The van der Waals surface area contributed by atoms with E-state index in [4.69, 9.17) is 11.6 Å². The number of anilines is 2.